The standard InChI is InChI=1S/C9H9BrF2O/c1-13-8(9(10,11)12)7-5-3-2-4-6-7/h2-6,8H,1H3. The van der Waals surface area contributed by atoms with Crippen LogP contribution in [0.2, 0.25) is 0 Å². The molecule has 1 atom stereocenters. The Kier molecular flexibility index (Phi) is 3.39. The lowest BCUT2D eigenvalue weighted by Crippen LogP contribution is -2.20. The van der Waals surface area contributed by atoms with Gasteiger partial charge < -0.3 is 4.74 Å². The van der Waals surface area contributed by atoms with Crippen molar-refractivity contribution in [3.05, 3.63) is 35.9 Å². The number of alkyl halides is 3. The molecule has 72 valence electrons. The maximum Gasteiger partial charge on any atom is 0.331 e. The number of hydrogen-bond donors (Lipinski definition) is 0. The predicted octanol–water partition coefficient (Wildman–Crippen LogP) is 3.36. The van der Waals surface area contributed by atoms with Crippen LogP contribution in [0, 0.1) is 0 Å². The molecule has 0 bridgehead atoms. The van der Waals surface area contributed by atoms with E-state index < -0.39 is 10.9 Å². The van der Waals surface area contributed by atoms with Crippen LogP contribution < -0.4 is 0 Å². The first-order chi connectivity index (χ1) is 6.05. The fourth-order valence-electron chi connectivity index (χ4n) is 1.09. The van der Waals surface area contributed by atoms with Crippen LogP contribution >= 0.6 is 15.9 Å². The molecule has 0 aliphatic heterocycles. The van der Waals surface area contributed by atoms with Gasteiger partial charge in [-0.25, -0.2) is 0 Å². The first-order valence-corrected chi connectivity index (χ1v) is 4.49. The van der Waals surface area contributed by atoms with Crippen molar-refractivity contribution in [3.63, 3.8) is 0 Å². The smallest absolute Gasteiger partial charge is 0.331 e. The lowest BCUT2D eigenvalue weighted by atomic mass is 10.1. The van der Waals surface area contributed by atoms with Crippen LogP contribution in [0.4, 0.5) is 8.78 Å². The van der Waals surface area contributed by atoms with Crippen LogP contribution in [0.15, 0.2) is 30.3 Å². The Hall–Kier alpha value is -0.480. The van der Waals surface area contributed by atoms with Gasteiger partial charge in [0.1, 0.15) is 0 Å². The zero-order chi connectivity index (χ0) is 9.90. The van der Waals surface area contributed by atoms with Gasteiger partial charge in [0.2, 0.25) is 0 Å². The van der Waals surface area contributed by atoms with E-state index in [-0.39, 0.29) is 0 Å². The average molecular weight is 251 g/mol. The second-order valence-corrected chi connectivity index (χ2v) is 3.63. The molecule has 0 N–H and O–H groups in total. The van der Waals surface area contributed by atoms with Gasteiger partial charge in [-0.2, -0.15) is 8.78 Å². The lowest BCUT2D eigenvalue weighted by molar-refractivity contribution is -0.0547. The van der Waals surface area contributed by atoms with Gasteiger partial charge in [-0.15, -0.1) is 0 Å². The second-order valence-electron chi connectivity index (χ2n) is 2.57. The Bertz CT molecular complexity index is 258. The molecule has 0 aliphatic rings. The van der Waals surface area contributed by atoms with E-state index in [4.69, 9.17) is 4.74 Å². The zero-order valence-corrected chi connectivity index (χ0v) is 8.59. The monoisotopic (exact) mass is 250 g/mol. The quantitative estimate of drug-likeness (QED) is 0.748. The third-order valence-corrected chi connectivity index (χ3v) is 2.05. The van der Waals surface area contributed by atoms with E-state index >= 15 is 0 Å². The fourth-order valence-corrected chi connectivity index (χ4v) is 1.54. The molecule has 0 amide bonds. The van der Waals surface area contributed by atoms with Gasteiger partial charge in [0.25, 0.3) is 0 Å². The Morgan fingerprint density at radius 3 is 2.23 bits per heavy atom. The minimum absolute atomic E-state index is 0.451. The van der Waals surface area contributed by atoms with E-state index in [2.05, 4.69) is 15.9 Å². The maximum absolute atomic E-state index is 12.9. The maximum atomic E-state index is 12.9. The summed E-state index contributed by atoms with van der Waals surface area (Å²) in [5, 5.41) is 0. The van der Waals surface area contributed by atoms with Crippen LogP contribution in [0.25, 0.3) is 0 Å². The highest BCUT2D eigenvalue weighted by molar-refractivity contribution is 9.10. The normalized spacial score (nSPS) is 14.2. The molecule has 0 spiro atoms. The molecule has 0 heterocycles. The summed E-state index contributed by atoms with van der Waals surface area (Å²) in [5.74, 6) is 0. The molecule has 4 heteroatoms. The van der Waals surface area contributed by atoms with Crippen molar-refractivity contribution < 1.29 is 13.5 Å². The number of methoxy groups -OCH3 is 1. The molecule has 0 fully saturated rings. The number of benzene rings is 1. The highest BCUT2D eigenvalue weighted by Gasteiger charge is 2.37. The number of rotatable bonds is 3. The van der Waals surface area contributed by atoms with E-state index in [1.165, 1.54) is 7.11 Å². The zero-order valence-electron chi connectivity index (χ0n) is 7.01. The topological polar surface area (TPSA) is 9.23 Å². The van der Waals surface area contributed by atoms with Gasteiger partial charge in [0.15, 0.2) is 6.10 Å². The molecule has 0 saturated heterocycles. The summed E-state index contributed by atoms with van der Waals surface area (Å²) in [5.41, 5.74) is 0.451. The third-order valence-electron chi connectivity index (χ3n) is 1.64. The van der Waals surface area contributed by atoms with Gasteiger partial charge >= 0.3 is 4.83 Å². The van der Waals surface area contributed by atoms with Gasteiger partial charge in [-0.05, 0) is 21.5 Å². The summed E-state index contributed by atoms with van der Waals surface area (Å²) in [7, 11) is 1.26. The van der Waals surface area contributed by atoms with E-state index in [9.17, 15) is 8.78 Å². The molecular weight excluding hydrogens is 242 g/mol. The van der Waals surface area contributed by atoms with Crippen LogP contribution in [-0.4, -0.2) is 11.9 Å². The average Bonchev–Trinajstić information content (AvgIpc) is 2.05. The summed E-state index contributed by atoms with van der Waals surface area (Å²) in [6.07, 6.45) is -1.24. The molecule has 1 rings (SSSR count). The van der Waals surface area contributed by atoms with Crippen LogP contribution in [0.3, 0.4) is 0 Å². The molecule has 0 radical (unpaired) electrons. The molecule has 1 aromatic rings. The molecule has 1 nitrogen and oxygen atoms in total. The summed E-state index contributed by atoms with van der Waals surface area (Å²) >= 11 is 2.28. The van der Waals surface area contributed by atoms with Crippen molar-refractivity contribution in [1.82, 2.24) is 0 Å². The van der Waals surface area contributed by atoms with Crippen molar-refractivity contribution in [3.8, 4) is 0 Å². The molecule has 0 saturated carbocycles. The highest BCUT2D eigenvalue weighted by atomic mass is 79.9. The van der Waals surface area contributed by atoms with Crippen LogP contribution in [-0.2, 0) is 4.74 Å². The van der Waals surface area contributed by atoms with Crippen molar-refractivity contribution in [1.29, 1.82) is 0 Å². The van der Waals surface area contributed by atoms with E-state index in [1.807, 2.05) is 0 Å². The first-order valence-electron chi connectivity index (χ1n) is 3.70. The van der Waals surface area contributed by atoms with Crippen molar-refractivity contribution in [2.45, 2.75) is 10.9 Å². The minimum Gasteiger partial charge on any atom is -0.369 e. The molecule has 1 aromatic carbocycles. The fraction of sp³-hybridized carbons (Fsp3) is 0.333. The number of hydrogen-bond acceptors (Lipinski definition) is 1. The van der Waals surface area contributed by atoms with Crippen molar-refractivity contribution in [2.24, 2.45) is 0 Å². The van der Waals surface area contributed by atoms with E-state index in [1.54, 1.807) is 30.3 Å². The lowest BCUT2D eigenvalue weighted by Gasteiger charge is -2.20. The summed E-state index contributed by atoms with van der Waals surface area (Å²) in [6.45, 7) is 0. The Balaban J connectivity index is 2.92. The van der Waals surface area contributed by atoms with Crippen molar-refractivity contribution in [2.75, 3.05) is 7.11 Å². The van der Waals surface area contributed by atoms with Gasteiger partial charge in [0, 0.05) is 7.11 Å². The van der Waals surface area contributed by atoms with Crippen molar-refractivity contribution >= 4 is 15.9 Å². The molecular formula is C9H9BrF2O. The minimum atomic E-state index is -3.04. The summed E-state index contributed by atoms with van der Waals surface area (Å²) in [6, 6.07) is 8.36. The second kappa shape index (κ2) is 4.15. The molecule has 0 aliphatic carbocycles. The van der Waals surface area contributed by atoms with Crippen LogP contribution in [0.5, 0.6) is 0 Å². The SMILES string of the molecule is COC(c1ccccc1)C(F)(F)Br. The van der Waals surface area contributed by atoms with Crippen LogP contribution in [0.1, 0.15) is 11.7 Å². The van der Waals surface area contributed by atoms with Gasteiger partial charge in [-0.3, -0.25) is 0 Å². The van der Waals surface area contributed by atoms with Gasteiger partial charge in [-0.1, -0.05) is 30.3 Å². The van der Waals surface area contributed by atoms with E-state index in [0.29, 0.717) is 5.56 Å². The van der Waals surface area contributed by atoms with Gasteiger partial charge in [0.05, 0.1) is 0 Å². The molecule has 1 unspecified atom stereocenters. The summed E-state index contributed by atoms with van der Waals surface area (Å²) in [4.78, 5) is -3.04. The summed E-state index contributed by atoms with van der Waals surface area (Å²) < 4.78 is 30.4. The Morgan fingerprint density at radius 2 is 1.85 bits per heavy atom. The Labute approximate surface area is 83.8 Å². The number of ether oxygens (including phenoxy) is 1. The third kappa shape index (κ3) is 2.74. The first kappa shape index (κ1) is 10.6. The van der Waals surface area contributed by atoms with E-state index in [0.717, 1.165) is 0 Å². The Morgan fingerprint density at radius 1 is 1.31 bits per heavy atom. The predicted molar refractivity (Wildman–Crippen MR) is 50.1 cm³/mol. The molecule has 13 heavy (non-hydrogen) atoms. The molecule has 0 aromatic heterocycles. The highest BCUT2D eigenvalue weighted by Crippen LogP contribution is 2.38. The largest absolute Gasteiger partial charge is 0.369 e. The number of halogens is 3.